The largest absolute Gasteiger partial charge is 0.484 e. The highest BCUT2D eigenvalue weighted by molar-refractivity contribution is 5.77. The van der Waals surface area contributed by atoms with Gasteiger partial charge >= 0.3 is 0 Å². The van der Waals surface area contributed by atoms with E-state index in [0.29, 0.717) is 5.92 Å². The second-order valence-corrected chi connectivity index (χ2v) is 8.54. The molecular formula is C21H34N2O2. The van der Waals surface area contributed by atoms with Crippen molar-refractivity contribution in [1.82, 2.24) is 10.2 Å². The fourth-order valence-electron chi connectivity index (χ4n) is 3.53. The van der Waals surface area contributed by atoms with E-state index >= 15 is 0 Å². The molecule has 1 aromatic carbocycles. The molecule has 1 aromatic rings. The Labute approximate surface area is 152 Å². The van der Waals surface area contributed by atoms with E-state index in [2.05, 4.69) is 57.2 Å². The maximum atomic E-state index is 12.3. The van der Waals surface area contributed by atoms with Crippen LogP contribution in [0.25, 0.3) is 0 Å². The summed E-state index contributed by atoms with van der Waals surface area (Å²) in [5.41, 5.74) is 1.39. The molecule has 1 amide bonds. The lowest BCUT2D eigenvalue weighted by molar-refractivity contribution is -0.124. The highest BCUT2D eigenvalue weighted by atomic mass is 16.5. The van der Waals surface area contributed by atoms with Gasteiger partial charge in [0.1, 0.15) is 5.75 Å². The van der Waals surface area contributed by atoms with Gasteiger partial charge in [0.2, 0.25) is 0 Å². The Hall–Kier alpha value is -1.55. The summed E-state index contributed by atoms with van der Waals surface area (Å²) in [6, 6.07) is 8.31. The van der Waals surface area contributed by atoms with Crippen LogP contribution in [-0.4, -0.2) is 44.1 Å². The molecule has 0 bridgehead atoms. The van der Waals surface area contributed by atoms with E-state index in [-0.39, 0.29) is 24.0 Å². The van der Waals surface area contributed by atoms with Gasteiger partial charge in [-0.3, -0.25) is 4.79 Å². The Morgan fingerprint density at radius 3 is 2.40 bits per heavy atom. The summed E-state index contributed by atoms with van der Waals surface area (Å²) in [5, 5.41) is 3.19. The molecule has 1 aliphatic carbocycles. The zero-order valence-corrected chi connectivity index (χ0v) is 16.5. The molecule has 2 rings (SSSR count). The number of amides is 1. The van der Waals surface area contributed by atoms with Crippen molar-refractivity contribution in [1.29, 1.82) is 0 Å². The van der Waals surface area contributed by atoms with Crippen molar-refractivity contribution in [3.63, 3.8) is 0 Å². The average molecular weight is 347 g/mol. The number of carbonyl (C=O) groups excluding carboxylic acids is 1. The molecule has 0 radical (unpaired) electrons. The summed E-state index contributed by atoms with van der Waals surface area (Å²) in [7, 11) is 4.19. The van der Waals surface area contributed by atoms with Gasteiger partial charge in [-0.25, -0.2) is 0 Å². The second kappa shape index (κ2) is 8.70. The van der Waals surface area contributed by atoms with E-state index in [1.54, 1.807) is 0 Å². The highest BCUT2D eigenvalue weighted by Crippen LogP contribution is 2.25. The van der Waals surface area contributed by atoms with Gasteiger partial charge in [0.15, 0.2) is 6.61 Å². The molecule has 140 valence electrons. The van der Waals surface area contributed by atoms with Crippen molar-refractivity contribution in [2.24, 2.45) is 5.92 Å². The quantitative estimate of drug-likeness (QED) is 0.856. The standard InChI is InChI=1S/C21H34N2O2/c1-21(2,3)17-10-12-18(13-11-17)25-15-20(24)22-19-9-7-6-8-16(19)14-23(4)5/h10-13,16,19H,6-9,14-15H2,1-5H3,(H,22,24). The molecule has 0 aromatic heterocycles. The van der Waals surface area contributed by atoms with Gasteiger partial charge < -0.3 is 15.0 Å². The van der Waals surface area contributed by atoms with Crippen molar-refractivity contribution in [3.05, 3.63) is 29.8 Å². The van der Waals surface area contributed by atoms with Crippen LogP contribution in [0, 0.1) is 5.92 Å². The molecular weight excluding hydrogens is 312 g/mol. The summed E-state index contributed by atoms with van der Waals surface area (Å²) in [4.78, 5) is 14.5. The van der Waals surface area contributed by atoms with E-state index in [4.69, 9.17) is 4.74 Å². The van der Waals surface area contributed by atoms with E-state index in [1.165, 1.54) is 24.8 Å². The van der Waals surface area contributed by atoms with Crippen LogP contribution in [0.3, 0.4) is 0 Å². The average Bonchev–Trinajstić information content (AvgIpc) is 2.54. The zero-order chi connectivity index (χ0) is 18.4. The Balaban J connectivity index is 1.83. The van der Waals surface area contributed by atoms with Crippen molar-refractivity contribution in [2.75, 3.05) is 27.2 Å². The number of rotatable bonds is 6. The first kappa shape index (κ1) is 19.8. The third kappa shape index (κ3) is 6.35. The van der Waals surface area contributed by atoms with Crippen LogP contribution in [0.1, 0.15) is 52.0 Å². The molecule has 1 saturated carbocycles. The van der Waals surface area contributed by atoms with Crippen LogP contribution < -0.4 is 10.1 Å². The summed E-state index contributed by atoms with van der Waals surface area (Å²) in [5.74, 6) is 1.27. The van der Waals surface area contributed by atoms with E-state index in [9.17, 15) is 4.79 Å². The lowest BCUT2D eigenvalue weighted by Gasteiger charge is -2.33. The van der Waals surface area contributed by atoms with Gasteiger partial charge in [0.25, 0.3) is 5.91 Å². The van der Waals surface area contributed by atoms with E-state index in [1.807, 2.05) is 12.1 Å². The number of nitrogens with zero attached hydrogens (tertiary/aromatic N) is 1. The number of benzene rings is 1. The normalized spacial score (nSPS) is 21.2. The predicted molar refractivity (Wildman–Crippen MR) is 103 cm³/mol. The van der Waals surface area contributed by atoms with Crippen molar-refractivity contribution < 1.29 is 9.53 Å². The van der Waals surface area contributed by atoms with Gasteiger partial charge in [-0.1, -0.05) is 45.7 Å². The Morgan fingerprint density at radius 1 is 1.16 bits per heavy atom. The fourth-order valence-corrected chi connectivity index (χ4v) is 3.53. The number of nitrogens with one attached hydrogen (secondary N) is 1. The van der Waals surface area contributed by atoms with Crippen LogP contribution in [-0.2, 0) is 10.2 Å². The molecule has 1 fully saturated rings. The molecule has 0 spiro atoms. The Kier molecular flexibility index (Phi) is 6.88. The topological polar surface area (TPSA) is 41.6 Å². The van der Waals surface area contributed by atoms with Gasteiger partial charge in [0.05, 0.1) is 0 Å². The summed E-state index contributed by atoms with van der Waals surface area (Å²) in [6.45, 7) is 7.67. The minimum atomic E-state index is -0.0180. The van der Waals surface area contributed by atoms with Gasteiger partial charge in [-0.2, -0.15) is 0 Å². The minimum absolute atomic E-state index is 0.0180. The second-order valence-electron chi connectivity index (χ2n) is 8.54. The van der Waals surface area contributed by atoms with Crippen LogP contribution >= 0.6 is 0 Å². The maximum Gasteiger partial charge on any atom is 0.258 e. The third-order valence-electron chi connectivity index (χ3n) is 4.95. The lowest BCUT2D eigenvalue weighted by Crippen LogP contribution is -2.46. The number of hydrogen-bond acceptors (Lipinski definition) is 3. The van der Waals surface area contributed by atoms with E-state index in [0.717, 1.165) is 18.7 Å². The molecule has 0 saturated heterocycles. The molecule has 2 unspecified atom stereocenters. The number of carbonyl (C=O) groups is 1. The Morgan fingerprint density at radius 2 is 1.80 bits per heavy atom. The maximum absolute atomic E-state index is 12.3. The Bertz CT molecular complexity index is 546. The SMILES string of the molecule is CN(C)CC1CCCCC1NC(=O)COc1ccc(C(C)(C)C)cc1. The first-order chi connectivity index (χ1) is 11.8. The van der Waals surface area contributed by atoms with E-state index < -0.39 is 0 Å². The zero-order valence-electron chi connectivity index (χ0n) is 16.5. The fraction of sp³-hybridized carbons (Fsp3) is 0.667. The molecule has 1 N–H and O–H groups in total. The molecule has 2 atom stereocenters. The summed E-state index contributed by atoms with van der Waals surface area (Å²) in [6.07, 6.45) is 4.73. The molecule has 25 heavy (non-hydrogen) atoms. The van der Waals surface area contributed by atoms with Gasteiger partial charge in [-0.15, -0.1) is 0 Å². The van der Waals surface area contributed by atoms with Crippen LogP contribution in [0.5, 0.6) is 5.75 Å². The molecule has 0 heterocycles. The predicted octanol–water partition coefficient (Wildman–Crippen LogP) is 3.60. The minimum Gasteiger partial charge on any atom is -0.484 e. The van der Waals surface area contributed by atoms with Crippen LogP contribution in [0.2, 0.25) is 0 Å². The molecule has 4 heteroatoms. The molecule has 1 aliphatic rings. The number of ether oxygens (including phenoxy) is 1. The molecule has 4 nitrogen and oxygen atoms in total. The van der Waals surface area contributed by atoms with Gasteiger partial charge in [-0.05, 0) is 56.0 Å². The van der Waals surface area contributed by atoms with Crippen LogP contribution in [0.4, 0.5) is 0 Å². The highest BCUT2D eigenvalue weighted by Gasteiger charge is 2.26. The lowest BCUT2D eigenvalue weighted by atomic mass is 9.84. The first-order valence-corrected chi connectivity index (χ1v) is 9.43. The monoisotopic (exact) mass is 346 g/mol. The number of hydrogen-bond donors (Lipinski definition) is 1. The first-order valence-electron chi connectivity index (χ1n) is 9.43. The van der Waals surface area contributed by atoms with Crippen molar-refractivity contribution >= 4 is 5.91 Å². The summed E-state index contributed by atoms with van der Waals surface area (Å²) < 4.78 is 5.67. The van der Waals surface area contributed by atoms with Crippen LogP contribution in [0.15, 0.2) is 24.3 Å². The smallest absolute Gasteiger partial charge is 0.258 e. The van der Waals surface area contributed by atoms with Gasteiger partial charge in [0, 0.05) is 12.6 Å². The van der Waals surface area contributed by atoms with Crippen molar-refractivity contribution in [2.45, 2.75) is 57.9 Å². The summed E-state index contributed by atoms with van der Waals surface area (Å²) >= 11 is 0. The third-order valence-corrected chi connectivity index (χ3v) is 4.95. The molecule has 0 aliphatic heterocycles. The van der Waals surface area contributed by atoms with Crippen molar-refractivity contribution in [3.8, 4) is 5.75 Å².